The summed E-state index contributed by atoms with van der Waals surface area (Å²) in [6, 6.07) is 7.69. The molecule has 0 saturated heterocycles. The molecule has 1 aromatic carbocycles. The molecule has 0 bridgehead atoms. The van der Waals surface area contributed by atoms with Crippen molar-refractivity contribution in [3.63, 3.8) is 0 Å². The fourth-order valence-electron chi connectivity index (χ4n) is 2.36. The number of nitrogen functional groups attached to an aromatic ring is 1. The lowest BCUT2D eigenvalue weighted by molar-refractivity contribution is 0.414. The summed E-state index contributed by atoms with van der Waals surface area (Å²) in [6.07, 6.45) is 0. The van der Waals surface area contributed by atoms with Gasteiger partial charge in [0.1, 0.15) is 11.6 Å². The summed E-state index contributed by atoms with van der Waals surface area (Å²) in [6.45, 7) is 6.33. The first-order valence-corrected chi connectivity index (χ1v) is 6.79. The van der Waals surface area contributed by atoms with Crippen molar-refractivity contribution in [1.82, 2.24) is 20.0 Å². The lowest BCUT2D eigenvalue weighted by Crippen LogP contribution is -2.13. The molecule has 2 heterocycles. The molecule has 0 amide bonds. The summed E-state index contributed by atoms with van der Waals surface area (Å²) < 4.78 is 6.99. The third kappa shape index (κ3) is 2.12. The van der Waals surface area contributed by atoms with Crippen molar-refractivity contribution in [2.24, 2.45) is 0 Å². The minimum Gasteiger partial charge on any atom is -0.497 e. The number of benzene rings is 1. The molecule has 0 unspecified atom stereocenters. The van der Waals surface area contributed by atoms with Crippen molar-refractivity contribution in [3.05, 3.63) is 30.0 Å². The Hall–Kier alpha value is -2.50. The number of ether oxygens (including phenoxy) is 1. The fraction of sp³-hybridized carbons (Fsp3) is 0.333. The number of methoxy groups -OCH3 is 1. The summed E-state index contributed by atoms with van der Waals surface area (Å²) in [5.41, 5.74) is 8.49. The normalized spacial score (nSPS) is 12.0. The van der Waals surface area contributed by atoms with Gasteiger partial charge in [-0.3, -0.25) is 5.10 Å². The van der Waals surface area contributed by atoms with E-state index in [1.165, 1.54) is 0 Å². The Morgan fingerprint density at radius 2 is 1.86 bits per heavy atom. The molecular weight excluding hydrogens is 266 g/mol. The van der Waals surface area contributed by atoms with Gasteiger partial charge in [-0.25, -0.2) is 4.68 Å². The molecule has 0 aliphatic rings. The zero-order chi connectivity index (χ0) is 15.2. The Kier molecular flexibility index (Phi) is 2.90. The smallest absolute Gasteiger partial charge is 0.186 e. The summed E-state index contributed by atoms with van der Waals surface area (Å²) in [4.78, 5) is 0. The van der Waals surface area contributed by atoms with Crippen LogP contribution in [-0.4, -0.2) is 27.1 Å². The van der Waals surface area contributed by atoms with E-state index in [1.807, 2.05) is 28.9 Å². The average molecular weight is 285 g/mol. The maximum Gasteiger partial charge on any atom is 0.186 e. The second kappa shape index (κ2) is 4.51. The van der Waals surface area contributed by atoms with Gasteiger partial charge in [0.05, 0.1) is 23.9 Å². The fourth-order valence-corrected chi connectivity index (χ4v) is 2.36. The van der Waals surface area contributed by atoms with Crippen molar-refractivity contribution in [2.75, 3.05) is 12.8 Å². The van der Waals surface area contributed by atoms with Crippen LogP contribution in [-0.2, 0) is 5.41 Å². The highest BCUT2D eigenvalue weighted by Gasteiger charge is 2.26. The Morgan fingerprint density at radius 1 is 1.19 bits per heavy atom. The van der Waals surface area contributed by atoms with Gasteiger partial charge in [0, 0.05) is 5.41 Å². The standard InChI is InChI=1S/C15H19N5O/c1-15(2,3)12-11-13(16)17-18-14(11)20(19-12)9-5-7-10(21-4)8-6-9/h5-8H,1-4H3,(H3,16,17,18). The number of nitrogens with one attached hydrogen (secondary N) is 1. The van der Waals surface area contributed by atoms with Crippen molar-refractivity contribution < 1.29 is 4.74 Å². The molecule has 2 aromatic heterocycles. The van der Waals surface area contributed by atoms with Crippen LogP contribution < -0.4 is 10.5 Å². The van der Waals surface area contributed by atoms with Gasteiger partial charge in [0.2, 0.25) is 0 Å². The number of hydrogen-bond acceptors (Lipinski definition) is 4. The van der Waals surface area contributed by atoms with Crippen molar-refractivity contribution in [1.29, 1.82) is 0 Å². The van der Waals surface area contributed by atoms with E-state index in [9.17, 15) is 0 Å². The number of fused-ring (bicyclic) bond motifs is 1. The lowest BCUT2D eigenvalue weighted by Gasteiger charge is -2.15. The highest BCUT2D eigenvalue weighted by Crippen LogP contribution is 2.33. The minimum absolute atomic E-state index is 0.117. The van der Waals surface area contributed by atoms with E-state index in [4.69, 9.17) is 15.6 Å². The lowest BCUT2D eigenvalue weighted by atomic mass is 9.91. The Morgan fingerprint density at radius 3 is 2.43 bits per heavy atom. The zero-order valence-electron chi connectivity index (χ0n) is 12.6. The first kappa shape index (κ1) is 13.5. The third-order valence-electron chi connectivity index (χ3n) is 3.44. The van der Waals surface area contributed by atoms with Crippen molar-refractivity contribution >= 4 is 16.9 Å². The van der Waals surface area contributed by atoms with Gasteiger partial charge < -0.3 is 10.5 Å². The van der Waals surface area contributed by atoms with Gasteiger partial charge >= 0.3 is 0 Å². The first-order valence-electron chi connectivity index (χ1n) is 6.79. The predicted molar refractivity (Wildman–Crippen MR) is 82.9 cm³/mol. The number of rotatable bonds is 2. The van der Waals surface area contributed by atoms with Gasteiger partial charge in [0.25, 0.3) is 0 Å². The molecule has 0 spiro atoms. The third-order valence-corrected chi connectivity index (χ3v) is 3.44. The van der Waals surface area contributed by atoms with Crippen LogP contribution >= 0.6 is 0 Å². The number of aromatic amines is 1. The van der Waals surface area contributed by atoms with Crippen LogP contribution in [0.15, 0.2) is 24.3 Å². The number of nitrogens with zero attached hydrogens (tertiary/aromatic N) is 3. The van der Waals surface area contributed by atoms with Gasteiger partial charge in [-0.1, -0.05) is 20.8 Å². The molecule has 0 fully saturated rings. The van der Waals surface area contributed by atoms with E-state index >= 15 is 0 Å². The molecule has 0 saturated carbocycles. The molecule has 3 aromatic rings. The van der Waals surface area contributed by atoms with Gasteiger partial charge in [0.15, 0.2) is 5.65 Å². The number of anilines is 1. The summed E-state index contributed by atoms with van der Waals surface area (Å²) in [5.74, 6) is 1.36. The molecule has 0 aliphatic carbocycles. The number of hydrogen-bond donors (Lipinski definition) is 2. The van der Waals surface area contributed by atoms with Crippen LogP contribution in [0.1, 0.15) is 26.5 Å². The van der Waals surface area contributed by atoms with Crippen LogP contribution in [0.4, 0.5) is 5.82 Å². The van der Waals surface area contributed by atoms with Gasteiger partial charge in [-0.2, -0.15) is 10.2 Å². The Balaban J connectivity index is 2.23. The van der Waals surface area contributed by atoms with E-state index in [-0.39, 0.29) is 5.41 Å². The van der Waals surface area contributed by atoms with Crippen LogP contribution in [0.5, 0.6) is 5.75 Å². The summed E-state index contributed by atoms with van der Waals surface area (Å²) in [7, 11) is 1.65. The molecular formula is C15H19N5O. The van der Waals surface area contributed by atoms with Crippen LogP contribution in [0.3, 0.4) is 0 Å². The maximum atomic E-state index is 6.02. The molecule has 110 valence electrons. The molecule has 3 N–H and O–H groups in total. The molecule has 6 heteroatoms. The number of nitrogens with two attached hydrogens (primary N) is 1. The first-order chi connectivity index (χ1) is 9.91. The number of aromatic nitrogens is 4. The van der Waals surface area contributed by atoms with E-state index < -0.39 is 0 Å². The van der Waals surface area contributed by atoms with Crippen LogP contribution in [0, 0.1) is 0 Å². The van der Waals surface area contributed by atoms with Crippen molar-refractivity contribution in [3.8, 4) is 11.4 Å². The highest BCUT2D eigenvalue weighted by molar-refractivity contribution is 5.90. The maximum absolute atomic E-state index is 6.02. The highest BCUT2D eigenvalue weighted by atomic mass is 16.5. The van der Waals surface area contributed by atoms with Gasteiger partial charge in [-0.05, 0) is 24.3 Å². The van der Waals surface area contributed by atoms with E-state index in [0.29, 0.717) is 5.82 Å². The van der Waals surface area contributed by atoms with E-state index in [0.717, 1.165) is 28.2 Å². The minimum atomic E-state index is -0.117. The Bertz CT molecular complexity index is 777. The molecule has 21 heavy (non-hydrogen) atoms. The topological polar surface area (TPSA) is 81.8 Å². The quantitative estimate of drug-likeness (QED) is 0.758. The monoisotopic (exact) mass is 285 g/mol. The molecule has 0 radical (unpaired) electrons. The summed E-state index contributed by atoms with van der Waals surface area (Å²) >= 11 is 0. The van der Waals surface area contributed by atoms with Gasteiger partial charge in [-0.15, -0.1) is 0 Å². The van der Waals surface area contributed by atoms with E-state index in [2.05, 4.69) is 31.0 Å². The summed E-state index contributed by atoms with van der Waals surface area (Å²) in [5, 5.41) is 12.7. The molecule has 0 aliphatic heterocycles. The van der Waals surface area contributed by atoms with E-state index in [1.54, 1.807) is 7.11 Å². The van der Waals surface area contributed by atoms with Crippen LogP contribution in [0.25, 0.3) is 16.7 Å². The SMILES string of the molecule is COc1ccc(-n2nc(C(C)(C)C)c3c(N)[nH]nc32)cc1. The number of H-pyrrole nitrogens is 1. The molecule has 3 rings (SSSR count). The average Bonchev–Trinajstić information content (AvgIpc) is 3.00. The zero-order valence-corrected chi connectivity index (χ0v) is 12.6. The predicted octanol–water partition coefficient (Wildman–Crippen LogP) is 2.64. The largest absolute Gasteiger partial charge is 0.497 e. The Labute approximate surface area is 122 Å². The second-order valence-electron chi connectivity index (χ2n) is 6.04. The van der Waals surface area contributed by atoms with Crippen LogP contribution in [0.2, 0.25) is 0 Å². The second-order valence-corrected chi connectivity index (χ2v) is 6.04. The molecule has 0 atom stereocenters. The van der Waals surface area contributed by atoms with Crippen molar-refractivity contribution in [2.45, 2.75) is 26.2 Å². The molecule has 6 nitrogen and oxygen atoms in total.